The number of nitrogens with zero attached hydrogens (tertiary/aromatic N) is 2. The molecule has 8 nitrogen and oxygen atoms in total. The average Bonchev–Trinajstić information content (AvgIpc) is 3.02. The highest BCUT2D eigenvalue weighted by molar-refractivity contribution is 8.15. The van der Waals surface area contributed by atoms with Gasteiger partial charge in [-0.2, -0.15) is 0 Å². The molecule has 0 spiro atoms. The minimum Gasteiger partial charge on any atom is -0.490 e. The molecule has 2 aliphatic heterocycles. The van der Waals surface area contributed by atoms with E-state index in [0.717, 1.165) is 0 Å². The SMILES string of the molecule is CCOc1cc([C@@H]2C(C(=O)OC)=C(C)N=C3S[C@H](CC)C(=O)N32)ccc1OC(C)=O. The Balaban J connectivity index is 2.15. The van der Waals surface area contributed by atoms with Crippen LogP contribution in [0, 0.1) is 0 Å². The predicted octanol–water partition coefficient (Wildman–Crippen LogP) is 3.22. The van der Waals surface area contributed by atoms with Crippen molar-refractivity contribution in [3.05, 3.63) is 35.0 Å². The van der Waals surface area contributed by atoms with Crippen molar-refractivity contribution >= 4 is 34.8 Å². The zero-order valence-corrected chi connectivity index (χ0v) is 18.4. The molecule has 1 fully saturated rings. The monoisotopic (exact) mass is 432 g/mol. The lowest BCUT2D eigenvalue weighted by Gasteiger charge is -2.33. The second-order valence-electron chi connectivity index (χ2n) is 6.74. The second kappa shape index (κ2) is 8.91. The Labute approximate surface area is 179 Å². The molecule has 0 radical (unpaired) electrons. The highest BCUT2D eigenvalue weighted by atomic mass is 32.2. The van der Waals surface area contributed by atoms with Gasteiger partial charge in [-0.1, -0.05) is 24.8 Å². The fraction of sp³-hybridized carbons (Fsp3) is 0.429. The number of benzene rings is 1. The van der Waals surface area contributed by atoms with Crippen LogP contribution in [0.5, 0.6) is 11.5 Å². The molecule has 160 valence electrons. The fourth-order valence-corrected chi connectivity index (χ4v) is 4.61. The van der Waals surface area contributed by atoms with Crippen LogP contribution < -0.4 is 9.47 Å². The Morgan fingerprint density at radius 3 is 2.57 bits per heavy atom. The summed E-state index contributed by atoms with van der Waals surface area (Å²) < 4.78 is 15.9. The number of methoxy groups -OCH3 is 1. The second-order valence-corrected chi connectivity index (χ2v) is 7.91. The Hall–Kier alpha value is -2.81. The van der Waals surface area contributed by atoms with E-state index >= 15 is 0 Å². The standard InChI is InChI=1S/C21H24N2O6S/c1-6-16-19(25)23-18(17(20(26)27-5)11(3)22-21(23)30-16)13-8-9-14(29-12(4)24)15(10-13)28-7-2/h8-10,16,18H,6-7H2,1-5H3/t16-,18-/m1/s1. The first-order valence-electron chi connectivity index (χ1n) is 9.64. The number of esters is 2. The summed E-state index contributed by atoms with van der Waals surface area (Å²) in [7, 11) is 1.30. The van der Waals surface area contributed by atoms with Crippen molar-refractivity contribution in [2.75, 3.05) is 13.7 Å². The molecule has 0 saturated carbocycles. The summed E-state index contributed by atoms with van der Waals surface area (Å²) in [5.41, 5.74) is 1.42. The van der Waals surface area contributed by atoms with Crippen LogP contribution in [0.25, 0.3) is 0 Å². The number of amides is 1. The minimum atomic E-state index is -0.716. The summed E-state index contributed by atoms with van der Waals surface area (Å²) in [5, 5.41) is 0.298. The number of hydrogen-bond acceptors (Lipinski definition) is 8. The third-order valence-electron chi connectivity index (χ3n) is 4.76. The molecule has 2 atom stereocenters. The van der Waals surface area contributed by atoms with Crippen LogP contribution in [-0.4, -0.2) is 46.9 Å². The summed E-state index contributed by atoms with van der Waals surface area (Å²) in [4.78, 5) is 43.2. The maximum absolute atomic E-state index is 13.1. The molecule has 2 aliphatic rings. The van der Waals surface area contributed by atoms with E-state index in [4.69, 9.17) is 14.2 Å². The zero-order chi connectivity index (χ0) is 22.0. The van der Waals surface area contributed by atoms with Gasteiger partial charge in [-0.25, -0.2) is 9.79 Å². The highest BCUT2D eigenvalue weighted by Crippen LogP contribution is 2.45. The number of fused-ring (bicyclic) bond motifs is 1. The number of amidine groups is 1. The summed E-state index contributed by atoms with van der Waals surface area (Å²) in [6.07, 6.45) is 0.647. The quantitative estimate of drug-likeness (QED) is 0.503. The predicted molar refractivity (Wildman–Crippen MR) is 112 cm³/mol. The van der Waals surface area contributed by atoms with Gasteiger partial charge in [0.05, 0.1) is 36.3 Å². The van der Waals surface area contributed by atoms with Crippen molar-refractivity contribution in [1.82, 2.24) is 4.90 Å². The van der Waals surface area contributed by atoms with E-state index in [-0.39, 0.29) is 22.5 Å². The van der Waals surface area contributed by atoms with Gasteiger partial charge in [-0.3, -0.25) is 14.5 Å². The van der Waals surface area contributed by atoms with Crippen LogP contribution in [0.2, 0.25) is 0 Å². The van der Waals surface area contributed by atoms with E-state index < -0.39 is 18.0 Å². The molecule has 0 bridgehead atoms. The molecule has 0 N–H and O–H groups in total. The number of allylic oxidation sites excluding steroid dienone is 1. The summed E-state index contributed by atoms with van der Waals surface area (Å²) in [6, 6.07) is 4.28. The molecule has 1 saturated heterocycles. The topological polar surface area (TPSA) is 94.5 Å². The van der Waals surface area contributed by atoms with Crippen LogP contribution >= 0.6 is 11.8 Å². The highest BCUT2D eigenvalue weighted by Gasteiger charge is 2.47. The van der Waals surface area contributed by atoms with E-state index in [1.807, 2.05) is 13.8 Å². The van der Waals surface area contributed by atoms with Crippen LogP contribution in [0.3, 0.4) is 0 Å². The van der Waals surface area contributed by atoms with Crippen LogP contribution in [-0.2, 0) is 19.1 Å². The number of carbonyl (C=O) groups excluding carboxylic acids is 3. The maximum Gasteiger partial charge on any atom is 0.338 e. The number of aliphatic imine (C=N–C) groups is 1. The number of thioether (sulfide) groups is 1. The normalized spacial score (nSPS) is 20.6. The summed E-state index contributed by atoms with van der Waals surface area (Å²) in [5.74, 6) is -0.518. The first-order valence-corrected chi connectivity index (χ1v) is 10.5. The van der Waals surface area contributed by atoms with E-state index in [1.165, 1.54) is 25.8 Å². The van der Waals surface area contributed by atoms with E-state index in [2.05, 4.69) is 4.99 Å². The van der Waals surface area contributed by atoms with Gasteiger partial charge < -0.3 is 14.2 Å². The van der Waals surface area contributed by atoms with Crippen molar-refractivity contribution in [2.45, 2.75) is 45.4 Å². The van der Waals surface area contributed by atoms with Gasteiger partial charge in [0.25, 0.3) is 0 Å². The molecule has 0 aromatic heterocycles. The molecule has 1 aromatic carbocycles. The lowest BCUT2D eigenvalue weighted by Crippen LogP contribution is -2.40. The first kappa shape index (κ1) is 21.9. The van der Waals surface area contributed by atoms with Gasteiger partial charge in [0.2, 0.25) is 5.91 Å². The van der Waals surface area contributed by atoms with Gasteiger partial charge in [0, 0.05) is 6.92 Å². The molecular formula is C21H24N2O6S. The Morgan fingerprint density at radius 1 is 1.23 bits per heavy atom. The first-order chi connectivity index (χ1) is 14.3. The number of hydrogen-bond donors (Lipinski definition) is 0. The molecule has 9 heteroatoms. The third kappa shape index (κ3) is 3.94. The smallest absolute Gasteiger partial charge is 0.338 e. The molecule has 1 amide bonds. The molecule has 3 rings (SSSR count). The summed E-state index contributed by atoms with van der Waals surface area (Å²) >= 11 is 1.39. The fourth-order valence-electron chi connectivity index (χ4n) is 3.48. The Bertz CT molecular complexity index is 955. The Morgan fingerprint density at radius 2 is 1.97 bits per heavy atom. The van der Waals surface area contributed by atoms with Crippen LogP contribution in [0.1, 0.15) is 45.7 Å². The number of rotatable bonds is 6. The number of carbonyl (C=O) groups is 3. The van der Waals surface area contributed by atoms with Crippen molar-refractivity contribution in [2.24, 2.45) is 4.99 Å². The van der Waals surface area contributed by atoms with Crippen molar-refractivity contribution < 1.29 is 28.6 Å². The maximum atomic E-state index is 13.1. The van der Waals surface area contributed by atoms with Gasteiger partial charge in [-0.05, 0) is 38.0 Å². The third-order valence-corrected chi connectivity index (χ3v) is 6.08. The molecule has 2 heterocycles. The Kier molecular flexibility index (Phi) is 6.50. The molecule has 0 aliphatic carbocycles. The van der Waals surface area contributed by atoms with Gasteiger partial charge >= 0.3 is 11.9 Å². The van der Waals surface area contributed by atoms with Gasteiger partial charge in [-0.15, -0.1) is 0 Å². The molecular weight excluding hydrogens is 408 g/mol. The van der Waals surface area contributed by atoms with Gasteiger partial charge in [0.15, 0.2) is 16.7 Å². The van der Waals surface area contributed by atoms with E-state index in [0.29, 0.717) is 35.2 Å². The van der Waals surface area contributed by atoms with Crippen molar-refractivity contribution in [1.29, 1.82) is 0 Å². The van der Waals surface area contributed by atoms with Crippen LogP contribution in [0.15, 0.2) is 34.5 Å². The average molecular weight is 432 g/mol. The van der Waals surface area contributed by atoms with E-state index in [9.17, 15) is 14.4 Å². The lowest BCUT2D eigenvalue weighted by molar-refractivity contribution is -0.137. The van der Waals surface area contributed by atoms with E-state index in [1.54, 1.807) is 30.0 Å². The largest absolute Gasteiger partial charge is 0.490 e. The lowest BCUT2D eigenvalue weighted by atomic mass is 9.94. The van der Waals surface area contributed by atoms with Crippen molar-refractivity contribution in [3.63, 3.8) is 0 Å². The molecule has 1 aromatic rings. The zero-order valence-electron chi connectivity index (χ0n) is 17.6. The molecule has 30 heavy (non-hydrogen) atoms. The summed E-state index contributed by atoms with van der Waals surface area (Å²) in [6.45, 7) is 7.13. The number of ether oxygens (including phenoxy) is 3. The van der Waals surface area contributed by atoms with Gasteiger partial charge in [0.1, 0.15) is 0 Å². The van der Waals surface area contributed by atoms with Crippen LogP contribution in [0.4, 0.5) is 0 Å². The minimum absolute atomic E-state index is 0.109. The molecule has 0 unspecified atom stereocenters. The van der Waals surface area contributed by atoms with Crippen molar-refractivity contribution in [3.8, 4) is 11.5 Å².